The Bertz CT molecular complexity index is 475. The predicted octanol–water partition coefficient (Wildman–Crippen LogP) is 1.77. The molecule has 0 spiro atoms. The Kier molecular flexibility index (Phi) is 5.77. The molecule has 116 valence electrons. The van der Waals surface area contributed by atoms with Crippen molar-refractivity contribution in [2.45, 2.75) is 6.92 Å². The van der Waals surface area contributed by atoms with Crippen LogP contribution in [0, 0.1) is 10.1 Å². The van der Waals surface area contributed by atoms with Gasteiger partial charge in [0.2, 0.25) is 0 Å². The highest BCUT2D eigenvalue weighted by Gasteiger charge is 2.11. The van der Waals surface area contributed by atoms with Crippen molar-refractivity contribution in [1.82, 2.24) is 4.90 Å². The second kappa shape index (κ2) is 7.80. The number of anilines is 2. The van der Waals surface area contributed by atoms with Crippen molar-refractivity contribution in [1.29, 1.82) is 0 Å². The molecule has 1 aromatic rings. The average molecular weight is 294 g/mol. The number of rotatable bonds is 7. The molecule has 0 aliphatic carbocycles. The summed E-state index contributed by atoms with van der Waals surface area (Å²) < 4.78 is 5.30. The minimum Gasteiger partial charge on any atom is -0.385 e. The van der Waals surface area contributed by atoms with Crippen LogP contribution in [0.4, 0.5) is 17.1 Å². The van der Waals surface area contributed by atoms with Gasteiger partial charge in [0.05, 0.1) is 18.1 Å². The number of nitro benzene ring substituents is 1. The van der Waals surface area contributed by atoms with Gasteiger partial charge in [0.25, 0.3) is 5.69 Å². The number of ether oxygens (including phenoxy) is 1. The molecule has 0 bridgehead atoms. The number of nitrogens with zero attached hydrogens (tertiary/aromatic N) is 2. The minimum absolute atomic E-state index is 0.0994. The second-order valence-electron chi connectivity index (χ2n) is 4.94. The number of non-ortho nitro benzene ring substituents is 1. The molecular formula is C14H22N4O3. The first kappa shape index (κ1) is 15.5. The maximum absolute atomic E-state index is 11.0. The van der Waals surface area contributed by atoms with E-state index in [0.717, 1.165) is 57.3 Å². The van der Waals surface area contributed by atoms with E-state index in [1.54, 1.807) is 12.1 Å². The topological polar surface area (TPSA) is 79.7 Å². The van der Waals surface area contributed by atoms with E-state index in [4.69, 9.17) is 4.74 Å². The molecule has 2 rings (SSSR count). The fraction of sp³-hybridized carbons (Fsp3) is 0.571. The molecule has 1 fully saturated rings. The summed E-state index contributed by atoms with van der Waals surface area (Å²) in [5, 5.41) is 17.3. The monoisotopic (exact) mass is 294 g/mol. The van der Waals surface area contributed by atoms with Crippen LogP contribution in [0.15, 0.2) is 18.2 Å². The van der Waals surface area contributed by atoms with Crippen molar-refractivity contribution < 1.29 is 9.66 Å². The van der Waals surface area contributed by atoms with Gasteiger partial charge in [-0.15, -0.1) is 0 Å². The van der Waals surface area contributed by atoms with Gasteiger partial charge < -0.3 is 15.4 Å². The van der Waals surface area contributed by atoms with Gasteiger partial charge >= 0.3 is 0 Å². The summed E-state index contributed by atoms with van der Waals surface area (Å²) in [7, 11) is 0. The number of benzene rings is 1. The molecule has 0 radical (unpaired) electrons. The molecule has 7 nitrogen and oxygen atoms in total. The van der Waals surface area contributed by atoms with Gasteiger partial charge in [-0.1, -0.05) is 0 Å². The van der Waals surface area contributed by atoms with Crippen LogP contribution in [0.3, 0.4) is 0 Å². The largest absolute Gasteiger partial charge is 0.385 e. The Morgan fingerprint density at radius 2 is 1.90 bits per heavy atom. The lowest BCUT2D eigenvalue weighted by atomic mass is 10.2. The van der Waals surface area contributed by atoms with Gasteiger partial charge in [0.15, 0.2) is 0 Å². The smallest absolute Gasteiger partial charge is 0.273 e. The summed E-state index contributed by atoms with van der Waals surface area (Å²) in [6.07, 6.45) is 0. The third-order valence-corrected chi connectivity index (χ3v) is 3.37. The van der Waals surface area contributed by atoms with Crippen LogP contribution in [-0.2, 0) is 4.74 Å². The first-order chi connectivity index (χ1) is 10.2. The molecular weight excluding hydrogens is 272 g/mol. The molecule has 1 aliphatic heterocycles. The van der Waals surface area contributed by atoms with Gasteiger partial charge in [0, 0.05) is 56.2 Å². The molecule has 1 heterocycles. The van der Waals surface area contributed by atoms with Crippen LogP contribution in [-0.4, -0.2) is 55.8 Å². The highest BCUT2D eigenvalue weighted by atomic mass is 16.6. The van der Waals surface area contributed by atoms with Crippen LogP contribution >= 0.6 is 0 Å². The van der Waals surface area contributed by atoms with Gasteiger partial charge in [-0.3, -0.25) is 15.0 Å². The standard InChI is InChI=1S/C14H22N4O3/c1-2-15-12-9-13(11-14(10-12)18(19)20)16-3-4-17-5-7-21-8-6-17/h9-11,15-16H,2-8H2,1H3. The fourth-order valence-electron chi connectivity index (χ4n) is 2.31. The summed E-state index contributed by atoms with van der Waals surface area (Å²) in [5.74, 6) is 0. The Hall–Kier alpha value is -1.86. The Balaban J connectivity index is 1.92. The maximum Gasteiger partial charge on any atom is 0.273 e. The fourth-order valence-corrected chi connectivity index (χ4v) is 2.31. The van der Waals surface area contributed by atoms with Gasteiger partial charge in [-0.2, -0.15) is 0 Å². The first-order valence-corrected chi connectivity index (χ1v) is 7.26. The zero-order chi connectivity index (χ0) is 15.1. The zero-order valence-corrected chi connectivity index (χ0v) is 12.3. The SMILES string of the molecule is CCNc1cc(NCCN2CCOCC2)cc([N+](=O)[O-])c1. The Morgan fingerprint density at radius 1 is 1.24 bits per heavy atom. The molecule has 1 aromatic carbocycles. The zero-order valence-electron chi connectivity index (χ0n) is 12.3. The Morgan fingerprint density at radius 3 is 2.52 bits per heavy atom. The molecule has 0 aromatic heterocycles. The second-order valence-corrected chi connectivity index (χ2v) is 4.94. The van der Waals surface area contributed by atoms with Crippen LogP contribution in [0.5, 0.6) is 0 Å². The highest BCUT2D eigenvalue weighted by molar-refractivity contribution is 5.63. The lowest BCUT2D eigenvalue weighted by molar-refractivity contribution is -0.384. The van der Waals surface area contributed by atoms with E-state index < -0.39 is 0 Å². The van der Waals surface area contributed by atoms with E-state index in [9.17, 15) is 10.1 Å². The molecule has 1 aliphatic rings. The molecule has 2 N–H and O–H groups in total. The summed E-state index contributed by atoms with van der Waals surface area (Å²) >= 11 is 0. The molecule has 0 unspecified atom stereocenters. The number of nitrogens with one attached hydrogen (secondary N) is 2. The van der Waals surface area contributed by atoms with Crippen LogP contribution < -0.4 is 10.6 Å². The molecule has 7 heteroatoms. The normalized spacial score (nSPS) is 15.7. The third kappa shape index (κ3) is 4.87. The summed E-state index contributed by atoms with van der Waals surface area (Å²) in [4.78, 5) is 12.9. The summed E-state index contributed by atoms with van der Waals surface area (Å²) in [5.41, 5.74) is 1.64. The van der Waals surface area contributed by atoms with Crippen LogP contribution in [0.25, 0.3) is 0 Å². The first-order valence-electron chi connectivity index (χ1n) is 7.26. The highest BCUT2D eigenvalue weighted by Crippen LogP contribution is 2.24. The quantitative estimate of drug-likeness (QED) is 0.589. The molecule has 0 amide bonds. The van der Waals surface area contributed by atoms with Crippen molar-refractivity contribution in [3.8, 4) is 0 Å². The van der Waals surface area contributed by atoms with Crippen LogP contribution in [0.1, 0.15) is 6.92 Å². The molecule has 21 heavy (non-hydrogen) atoms. The van der Waals surface area contributed by atoms with Gasteiger partial charge in [0.1, 0.15) is 0 Å². The van der Waals surface area contributed by atoms with E-state index in [0.29, 0.717) is 0 Å². The lowest BCUT2D eigenvalue weighted by Gasteiger charge is -2.26. The van der Waals surface area contributed by atoms with E-state index in [2.05, 4.69) is 15.5 Å². The lowest BCUT2D eigenvalue weighted by Crippen LogP contribution is -2.39. The van der Waals surface area contributed by atoms with Crippen molar-refractivity contribution in [3.05, 3.63) is 28.3 Å². The molecule has 0 atom stereocenters. The predicted molar refractivity (Wildman–Crippen MR) is 83.0 cm³/mol. The number of morpholine rings is 1. The number of nitro groups is 1. The summed E-state index contributed by atoms with van der Waals surface area (Å²) in [6, 6.07) is 5.02. The van der Waals surface area contributed by atoms with Crippen molar-refractivity contribution in [2.75, 3.05) is 56.6 Å². The van der Waals surface area contributed by atoms with E-state index in [1.165, 1.54) is 0 Å². The van der Waals surface area contributed by atoms with E-state index in [-0.39, 0.29) is 10.6 Å². The van der Waals surface area contributed by atoms with Crippen molar-refractivity contribution in [3.63, 3.8) is 0 Å². The van der Waals surface area contributed by atoms with Gasteiger partial charge in [-0.25, -0.2) is 0 Å². The van der Waals surface area contributed by atoms with Gasteiger partial charge in [-0.05, 0) is 13.0 Å². The summed E-state index contributed by atoms with van der Waals surface area (Å²) in [6.45, 7) is 7.80. The third-order valence-electron chi connectivity index (χ3n) is 3.37. The van der Waals surface area contributed by atoms with Crippen LogP contribution in [0.2, 0.25) is 0 Å². The van der Waals surface area contributed by atoms with Crippen molar-refractivity contribution >= 4 is 17.1 Å². The Labute approximate surface area is 124 Å². The molecule has 0 saturated carbocycles. The average Bonchev–Trinajstić information content (AvgIpc) is 2.48. The number of hydrogen-bond donors (Lipinski definition) is 2. The van der Waals surface area contributed by atoms with Crippen molar-refractivity contribution in [2.24, 2.45) is 0 Å². The maximum atomic E-state index is 11.0. The van der Waals surface area contributed by atoms with E-state index in [1.807, 2.05) is 13.0 Å². The molecule has 1 saturated heterocycles. The van der Waals surface area contributed by atoms with E-state index >= 15 is 0 Å². The number of hydrogen-bond acceptors (Lipinski definition) is 6. The minimum atomic E-state index is -0.367.